The quantitative estimate of drug-likeness (QED) is 0.436. The maximum Gasteiger partial charge on any atom is 0.244 e. The second-order valence-corrected chi connectivity index (χ2v) is 10.4. The van der Waals surface area contributed by atoms with E-state index in [9.17, 15) is 18.0 Å². The van der Waals surface area contributed by atoms with E-state index < -0.39 is 28.5 Å². The van der Waals surface area contributed by atoms with Crippen molar-refractivity contribution in [1.29, 1.82) is 0 Å². The Kier molecular flexibility index (Phi) is 10.6. The zero-order valence-electron chi connectivity index (χ0n) is 21.9. The lowest BCUT2D eigenvalue weighted by Gasteiger charge is -2.32. The first-order chi connectivity index (χ1) is 17.0. The topological polar surface area (TPSA) is 105 Å². The summed E-state index contributed by atoms with van der Waals surface area (Å²) in [5.74, 6) is 0.114. The van der Waals surface area contributed by atoms with E-state index >= 15 is 0 Å². The molecular formula is C26H37N3O6S. The number of carbonyl (C=O) groups is 2. The number of benzene rings is 2. The summed E-state index contributed by atoms with van der Waals surface area (Å²) in [6.07, 6.45) is 1.77. The van der Waals surface area contributed by atoms with Crippen LogP contribution in [0.2, 0.25) is 0 Å². The highest BCUT2D eigenvalue weighted by molar-refractivity contribution is 7.92. The largest absolute Gasteiger partial charge is 0.497 e. The smallest absolute Gasteiger partial charge is 0.244 e. The number of anilines is 1. The van der Waals surface area contributed by atoms with Crippen LogP contribution in [-0.4, -0.2) is 63.7 Å². The predicted molar refractivity (Wildman–Crippen MR) is 141 cm³/mol. The molecule has 0 heterocycles. The lowest BCUT2D eigenvalue weighted by Crippen LogP contribution is -2.52. The Morgan fingerprint density at radius 2 is 1.75 bits per heavy atom. The molecular weight excluding hydrogens is 482 g/mol. The van der Waals surface area contributed by atoms with Crippen LogP contribution >= 0.6 is 0 Å². The number of hydrogen-bond donors (Lipinski definition) is 1. The van der Waals surface area contributed by atoms with Gasteiger partial charge < -0.3 is 19.7 Å². The Labute approximate surface area is 214 Å². The number of ether oxygens (including phenoxy) is 2. The zero-order valence-corrected chi connectivity index (χ0v) is 22.7. The second kappa shape index (κ2) is 13.2. The van der Waals surface area contributed by atoms with Crippen LogP contribution in [0, 0.1) is 0 Å². The summed E-state index contributed by atoms with van der Waals surface area (Å²) in [5.41, 5.74) is 1.000. The van der Waals surface area contributed by atoms with Crippen LogP contribution in [0.15, 0.2) is 48.5 Å². The molecule has 0 bridgehead atoms. The standard InChI is InChI=1S/C26H37N3O6S/c1-7-19(3)27-26(31)20(4)28(17-21-12-11-13-22(16-21)34-5)25(30)18-29(36(6,32)33)23-14-9-10-15-24(23)35-8-2/h9-16,19-20H,7-8,17-18H2,1-6H3,(H,27,31)/t19-,20-/m0/s1. The summed E-state index contributed by atoms with van der Waals surface area (Å²) < 4.78 is 37.5. The van der Waals surface area contributed by atoms with Crippen molar-refractivity contribution in [3.05, 3.63) is 54.1 Å². The number of methoxy groups -OCH3 is 1. The van der Waals surface area contributed by atoms with Gasteiger partial charge >= 0.3 is 0 Å². The van der Waals surface area contributed by atoms with Gasteiger partial charge in [-0.1, -0.05) is 31.2 Å². The molecule has 2 aromatic carbocycles. The maximum atomic E-state index is 13.7. The summed E-state index contributed by atoms with van der Waals surface area (Å²) in [5, 5.41) is 2.90. The Hall–Kier alpha value is -3.27. The first-order valence-electron chi connectivity index (χ1n) is 11.9. The molecule has 0 aliphatic heterocycles. The van der Waals surface area contributed by atoms with E-state index in [1.54, 1.807) is 63.4 Å². The fourth-order valence-corrected chi connectivity index (χ4v) is 4.40. The first-order valence-corrected chi connectivity index (χ1v) is 13.8. The van der Waals surface area contributed by atoms with Gasteiger partial charge in [-0.3, -0.25) is 13.9 Å². The molecule has 0 saturated carbocycles. The van der Waals surface area contributed by atoms with Crippen molar-refractivity contribution in [3.8, 4) is 11.5 Å². The summed E-state index contributed by atoms with van der Waals surface area (Å²) in [4.78, 5) is 28.0. The monoisotopic (exact) mass is 519 g/mol. The van der Waals surface area contributed by atoms with E-state index in [1.165, 1.54) is 4.90 Å². The number of rotatable bonds is 13. The van der Waals surface area contributed by atoms with Gasteiger partial charge in [-0.25, -0.2) is 8.42 Å². The van der Waals surface area contributed by atoms with Crippen LogP contribution in [0.25, 0.3) is 0 Å². The number of amides is 2. The highest BCUT2D eigenvalue weighted by Crippen LogP contribution is 2.30. The van der Waals surface area contributed by atoms with Crippen LogP contribution in [0.1, 0.15) is 39.7 Å². The molecule has 2 atom stereocenters. The van der Waals surface area contributed by atoms with Crippen LogP contribution in [0.3, 0.4) is 0 Å². The summed E-state index contributed by atoms with van der Waals surface area (Å²) in [6.45, 7) is 7.19. The lowest BCUT2D eigenvalue weighted by atomic mass is 10.1. The van der Waals surface area contributed by atoms with Gasteiger partial charge in [0.15, 0.2) is 0 Å². The molecule has 0 radical (unpaired) electrons. The Balaban J connectivity index is 2.45. The molecule has 36 heavy (non-hydrogen) atoms. The summed E-state index contributed by atoms with van der Waals surface area (Å²) in [6, 6.07) is 12.9. The van der Waals surface area contributed by atoms with Crippen molar-refractivity contribution in [3.63, 3.8) is 0 Å². The molecule has 9 nitrogen and oxygen atoms in total. The van der Waals surface area contributed by atoms with Crippen LogP contribution in [-0.2, 0) is 26.2 Å². The predicted octanol–water partition coefficient (Wildman–Crippen LogP) is 3.19. The third kappa shape index (κ3) is 7.87. The van der Waals surface area contributed by atoms with Gasteiger partial charge in [-0.15, -0.1) is 0 Å². The molecule has 0 aliphatic rings. The van der Waals surface area contributed by atoms with Gasteiger partial charge in [0.1, 0.15) is 24.1 Å². The van der Waals surface area contributed by atoms with Crippen molar-refractivity contribution >= 4 is 27.5 Å². The van der Waals surface area contributed by atoms with Crippen molar-refractivity contribution in [1.82, 2.24) is 10.2 Å². The average molecular weight is 520 g/mol. The number of nitrogens with zero attached hydrogens (tertiary/aromatic N) is 2. The van der Waals surface area contributed by atoms with E-state index in [0.717, 1.165) is 22.5 Å². The number of hydrogen-bond acceptors (Lipinski definition) is 6. The molecule has 1 N–H and O–H groups in total. The Morgan fingerprint density at radius 1 is 1.06 bits per heavy atom. The van der Waals surface area contributed by atoms with E-state index in [4.69, 9.17) is 9.47 Å². The van der Waals surface area contributed by atoms with E-state index in [0.29, 0.717) is 18.1 Å². The Morgan fingerprint density at radius 3 is 2.36 bits per heavy atom. The number of carbonyl (C=O) groups excluding carboxylic acids is 2. The molecule has 2 rings (SSSR count). The van der Waals surface area contributed by atoms with Gasteiger partial charge in [0.2, 0.25) is 21.8 Å². The average Bonchev–Trinajstić information content (AvgIpc) is 2.85. The fraction of sp³-hybridized carbons (Fsp3) is 0.462. The summed E-state index contributed by atoms with van der Waals surface area (Å²) in [7, 11) is -2.31. The lowest BCUT2D eigenvalue weighted by molar-refractivity contribution is -0.139. The normalized spacial score (nSPS) is 12.8. The minimum absolute atomic E-state index is 0.0701. The minimum Gasteiger partial charge on any atom is -0.497 e. The van der Waals surface area contributed by atoms with Gasteiger partial charge in [-0.05, 0) is 57.0 Å². The number of para-hydroxylation sites is 2. The van der Waals surface area contributed by atoms with E-state index in [-0.39, 0.29) is 24.2 Å². The molecule has 0 spiro atoms. The molecule has 0 saturated heterocycles. The number of nitrogens with one attached hydrogen (secondary N) is 1. The van der Waals surface area contributed by atoms with Crippen LogP contribution < -0.4 is 19.1 Å². The second-order valence-electron chi connectivity index (χ2n) is 8.54. The van der Waals surface area contributed by atoms with Gasteiger partial charge in [0.25, 0.3) is 0 Å². The molecule has 10 heteroatoms. The van der Waals surface area contributed by atoms with Crippen LogP contribution in [0.4, 0.5) is 5.69 Å². The molecule has 0 fully saturated rings. The fourth-order valence-electron chi connectivity index (χ4n) is 3.55. The van der Waals surface area contributed by atoms with Crippen molar-refractivity contribution in [2.24, 2.45) is 0 Å². The molecule has 0 aromatic heterocycles. The highest BCUT2D eigenvalue weighted by Gasteiger charge is 2.31. The van der Waals surface area contributed by atoms with Crippen molar-refractivity contribution < 1.29 is 27.5 Å². The van der Waals surface area contributed by atoms with Crippen LogP contribution in [0.5, 0.6) is 11.5 Å². The molecule has 0 aliphatic carbocycles. The Bertz CT molecular complexity index is 1140. The maximum absolute atomic E-state index is 13.7. The van der Waals surface area contributed by atoms with Gasteiger partial charge in [0.05, 0.1) is 25.7 Å². The van der Waals surface area contributed by atoms with E-state index in [1.807, 2.05) is 19.9 Å². The third-order valence-electron chi connectivity index (χ3n) is 5.77. The molecule has 198 valence electrons. The SMILES string of the molecule is CCOc1ccccc1N(CC(=O)N(Cc1cccc(OC)c1)[C@@H](C)C(=O)N[C@@H](C)CC)S(C)(=O)=O. The summed E-state index contributed by atoms with van der Waals surface area (Å²) >= 11 is 0. The van der Waals surface area contributed by atoms with Crippen molar-refractivity contribution in [2.45, 2.75) is 52.7 Å². The molecule has 2 aromatic rings. The third-order valence-corrected chi connectivity index (χ3v) is 6.89. The molecule has 0 unspecified atom stereocenters. The van der Waals surface area contributed by atoms with Crippen molar-refractivity contribution in [2.75, 3.05) is 30.8 Å². The van der Waals surface area contributed by atoms with E-state index in [2.05, 4.69) is 5.32 Å². The zero-order chi connectivity index (χ0) is 26.9. The van der Waals surface area contributed by atoms with Gasteiger partial charge in [-0.2, -0.15) is 0 Å². The number of sulfonamides is 1. The highest BCUT2D eigenvalue weighted by atomic mass is 32.2. The van der Waals surface area contributed by atoms with Gasteiger partial charge in [0, 0.05) is 12.6 Å². The molecule has 2 amide bonds. The minimum atomic E-state index is -3.85. The first kappa shape index (κ1) is 29.0.